The number of aromatic nitrogens is 4. The number of carbonyl (C=O) groups excluding carboxylic acids is 1. The summed E-state index contributed by atoms with van der Waals surface area (Å²) in [6, 6.07) is 6.07. The zero-order valence-electron chi connectivity index (χ0n) is 23.8. The van der Waals surface area contributed by atoms with E-state index < -0.39 is 11.6 Å². The summed E-state index contributed by atoms with van der Waals surface area (Å²) in [6.45, 7) is 8.90. The highest BCUT2D eigenvalue weighted by molar-refractivity contribution is 7.99. The van der Waals surface area contributed by atoms with Crippen LogP contribution in [0.5, 0.6) is 0 Å². The molecule has 2 fully saturated rings. The van der Waals surface area contributed by atoms with Gasteiger partial charge in [-0.05, 0) is 62.1 Å². The number of carbonyl (C=O) groups is 1. The molecule has 9 nitrogen and oxygen atoms in total. The SMILES string of the molecule is COC(=O)c1nc(Sc2ccnc(N3CC(C(C)(C)O)C3)c2Cl)cnc1N1CCC2(CC1)Cc1ncccc1[C@H]2C. The molecular weight excluding hydrogens is 560 g/mol. The Morgan fingerprint density at radius 1 is 1.12 bits per heavy atom. The van der Waals surface area contributed by atoms with E-state index in [1.54, 1.807) is 12.4 Å². The summed E-state index contributed by atoms with van der Waals surface area (Å²) in [5.41, 5.74) is 2.22. The molecule has 0 unspecified atom stereocenters. The van der Waals surface area contributed by atoms with Gasteiger partial charge in [-0.25, -0.2) is 19.7 Å². The van der Waals surface area contributed by atoms with Gasteiger partial charge in [-0.1, -0.05) is 36.4 Å². The van der Waals surface area contributed by atoms with E-state index in [1.165, 1.54) is 30.1 Å². The highest BCUT2D eigenvalue weighted by Crippen LogP contribution is 2.52. The van der Waals surface area contributed by atoms with Gasteiger partial charge >= 0.3 is 5.97 Å². The number of nitrogens with zero attached hydrogens (tertiary/aromatic N) is 6. The topological polar surface area (TPSA) is 105 Å². The van der Waals surface area contributed by atoms with Crippen molar-refractivity contribution < 1.29 is 14.6 Å². The minimum atomic E-state index is -0.747. The molecule has 6 rings (SSSR count). The van der Waals surface area contributed by atoms with Crippen molar-refractivity contribution in [1.29, 1.82) is 0 Å². The molecule has 0 amide bonds. The normalized spacial score (nSPS) is 20.2. The number of hydrogen-bond acceptors (Lipinski definition) is 10. The summed E-state index contributed by atoms with van der Waals surface area (Å²) in [4.78, 5) is 36.4. The Kier molecular flexibility index (Phi) is 7.36. The minimum Gasteiger partial charge on any atom is -0.464 e. The van der Waals surface area contributed by atoms with Crippen LogP contribution >= 0.6 is 23.4 Å². The molecule has 3 aromatic rings. The molecule has 2 aliphatic heterocycles. The second-order valence-electron chi connectivity index (χ2n) is 12.0. The van der Waals surface area contributed by atoms with Gasteiger partial charge in [0.15, 0.2) is 11.5 Å². The fourth-order valence-corrected chi connectivity index (χ4v) is 7.51. The number of esters is 1. The van der Waals surface area contributed by atoms with Gasteiger partial charge in [0, 0.05) is 55.1 Å². The molecule has 1 spiro atoms. The lowest BCUT2D eigenvalue weighted by Gasteiger charge is -2.46. The van der Waals surface area contributed by atoms with Gasteiger partial charge < -0.3 is 19.6 Å². The zero-order chi connectivity index (χ0) is 28.9. The first-order chi connectivity index (χ1) is 19.6. The van der Waals surface area contributed by atoms with E-state index in [0.717, 1.165) is 37.2 Å². The predicted octanol–water partition coefficient (Wildman–Crippen LogP) is 5.01. The smallest absolute Gasteiger partial charge is 0.360 e. The monoisotopic (exact) mass is 594 g/mol. The van der Waals surface area contributed by atoms with Gasteiger partial charge in [-0.3, -0.25) is 4.98 Å². The Hall–Kier alpha value is -2.95. The van der Waals surface area contributed by atoms with E-state index >= 15 is 0 Å². The van der Waals surface area contributed by atoms with Crippen molar-refractivity contribution in [1.82, 2.24) is 19.9 Å². The second kappa shape index (κ2) is 10.7. The van der Waals surface area contributed by atoms with Gasteiger partial charge in [0.1, 0.15) is 10.8 Å². The van der Waals surface area contributed by atoms with Crippen molar-refractivity contribution in [2.75, 3.05) is 43.1 Å². The predicted molar refractivity (Wildman–Crippen MR) is 159 cm³/mol. The lowest BCUT2D eigenvalue weighted by Crippen LogP contribution is -2.56. The highest BCUT2D eigenvalue weighted by Gasteiger charge is 2.46. The summed E-state index contributed by atoms with van der Waals surface area (Å²) in [6.07, 6.45) is 8.26. The number of rotatable bonds is 6. The number of pyridine rings is 2. The molecule has 1 atom stereocenters. The van der Waals surface area contributed by atoms with Crippen LogP contribution in [-0.4, -0.2) is 69.9 Å². The first-order valence-corrected chi connectivity index (χ1v) is 15.2. The molecule has 3 aliphatic rings. The molecule has 0 bridgehead atoms. The van der Waals surface area contributed by atoms with Gasteiger partial charge in [0.25, 0.3) is 0 Å². The van der Waals surface area contributed by atoms with Crippen LogP contribution in [0.3, 0.4) is 0 Å². The third-order valence-corrected chi connectivity index (χ3v) is 10.7. The molecule has 216 valence electrons. The summed E-state index contributed by atoms with van der Waals surface area (Å²) < 4.78 is 5.11. The maximum atomic E-state index is 12.9. The molecule has 1 aliphatic carbocycles. The molecule has 0 aromatic carbocycles. The fourth-order valence-electron chi connectivity index (χ4n) is 6.39. The van der Waals surface area contributed by atoms with E-state index in [2.05, 4.69) is 32.8 Å². The van der Waals surface area contributed by atoms with E-state index in [0.29, 0.717) is 40.7 Å². The van der Waals surface area contributed by atoms with Crippen molar-refractivity contribution in [3.8, 4) is 0 Å². The molecule has 0 radical (unpaired) electrons. The summed E-state index contributed by atoms with van der Waals surface area (Å²) in [5, 5.41) is 11.3. The average Bonchev–Trinajstić information content (AvgIpc) is 3.20. The number of methoxy groups -OCH3 is 1. The Labute approximate surface area is 249 Å². The van der Waals surface area contributed by atoms with E-state index in [1.807, 2.05) is 32.2 Å². The number of fused-ring (bicyclic) bond motifs is 1. The number of halogens is 1. The molecule has 0 saturated carbocycles. The number of anilines is 2. The first-order valence-electron chi connectivity index (χ1n) is 14.0. The van der Waals surface area contributed by atoms with Crippen LogP contribution in [0, 0.1) is 11.3 Å². The number of piperidine rings is 1. The van der Waals surface area contributed by atoms with Gasteiger partial charge in [0.05, 0.1) is 23.9 Å². The summed E-state index contributed by atoms with van der Waals surface area (Å²) >= 11 is 8.11. The van der Waals surface area contributed by atoms with Crippen LogP contribution in [0.4, 0.5) is 11.6 Å². The molecule has 1 N–H and O–H groups in total. The average molecular weight is 595 g/mol. The standard InChI is InChI=1S/C30H35ClN6O3S/c1-18-20-6-5-10-32-21(20)14-30(18)8-12-36(13-9-30)27-25(28(38)40-4)35-23(15-34-27)41-22-7-11-33-26(24(22)31)37-16-19(17-37)29(2,3)39/h5-7,10-11,15,18-19,39H,8-9,12-14,16-17H2,1-4H3/t18-/m1/s1. The van der Waals surface area contributed by atoms with Crippen molar-refractivity contribution in [3.63, 3.8) is 0 Å². The van der Waals surface area contributed by atoms with E-state index in [-0.39, 0.29) is 17.0 Å². The third-order valence-electron chi connectivity index (χ3n) is 9.23. The maximum absolute atomic E-state index is 12.9. The van der Waals surface area contributed by atoms with Gasteiger partial charge in [-0.2, -0.15) is 0 Å². The molecule has 5 heterocycles. The summed E-state index contributed by atoms with van der Waals surface area (Å²) in [5.74, 6) is 1.32. The molecular formula is C30H35ClN6O3S. The van der Waals surface area contributed by atoms with Crippen LogP contribution < -0.4 is 9.80 Å². The maximum Gasteiger partial charge on any atom is 0.360 e. The van der Waals surface area contributed by atoms with Crippen LogP contribution in [0.25, 0.3) is 0 Å². The van der Waals surface area contributed by atoms with Crippen molar-refractivity contribution in [3.05, 3.63) is 58.8 Å². The quantitative estimate of drug-likeness (QED) is 0.392. The molecule has 41 heavy (non-hydrogen) atoms. The minimum absolute atomic E-state index is 0.159. The largest absolute Gasteiger partial charge is 0.464 e. The van der Waals surface area contributed by atoms with Crippen LogP contribution in [0.15, 0.2) is 46.7 Å². The highest BCUT2D eigenvalue weighted by atomic mass is 35.5. The van der Waals surface area contributed by atoms with Gasteiger partial charge in [-0.15, -0.1) is 0 Å². The van der Waals surface area contributed by atoms with Crippen molar-refractivity contribution in [2.24, 2.45) is 11.3 Å². The number of ether oxygens (including phenoxy) is 1. The molecule has 2 saturated heterocycles. The molecule has 3 aromatic heterocycles. The number of aliphatic hydroxyl groups is 1. The Morgan fingerprint density at radius 3 is 2.56 bits per heavy atom. The number of hydrogen-bond donors (Lipinski definition) is 1. The Morgan fingerprint density at radius 2 is 1.88 bits per heavy atom. The Bertz CT molecular complexity index is 1470. The third kappa shape index (κ3) is 5.15. The van der Waals surface area contributed by atoms with Crippen molar-refractivity contribution >= 4 is 41.0 Å². The second-order valence-corrected chi connectivity index (χ2v) is 13.4. The van der Waals surface area contributed by atoms with Crippen LogP contribution in [0.1, 0.15) is 61.3 Å². The van der Waals surface area contributed by atoms with Crippen LogP contribution in [-0.2, 0) is 11.2 Å². The van der Waals surface area contributed by atoms with Crippen molar-refractivity contribution in [2.45, 2.75) is 61.5 Å². The fraction of sp³-hybridized carbons (Fsp3) is 0.500. The zero-order valence-corrected chi connectivity index (χ0v) is 25.4. The summed E-state index contributed by atoms with van der Waals surface area (Å²) in [7, 11) is 1.36. The molecule has 11 heteroatoms. The Balaban J connectivity index is 1.19. The first kappa shape index (κ1) is 28.2. The van der Waals surface area contributed by atoms with Gasteiger partial charge in [0.2, 0.25) is 0 Å². The van der Waals surface area contributed by atoms with E-state index in [4.69, 9.17) is 26.3 Å². The lowest BCUT2D eigenvalue weighted by molar-refractivity contribution is 0.00437. The lowest BCUT2D eigenvalue weighted by atomic mass is 9.70. The van der Waals surface area contributed by atoms with E-state index in [9.17, 15) is 9.90 Å². The van der Waals surface area contributed by atoms with Crippen LogP contribution in [0.2, 0.25) is 5.02 Å².